The van der Waals surface area contributed by atoms with Crippen LogP contribution in [0.2, 0.25) is 0 Å². The fourth-order valence-electron chi connectivity index (χ4n) is 8.04. The number of rotatable bonds is 11. The molecule has 2 aromatic heterocycles. The maximum atomic E-state index is 13.4. The van der Waals surface area contributed by atoms with Gasteiger partial charge in [0.05, 0.1) is 18.0 Å². The van der Waals surface area contributed by atoms with Crippen molar-refractivity contribution in [3.63, 3.8) is 0 Å². The molecule has 3 heterocycles. The van der Waals surface area contributed by atoms with Gasteiger partial charge in [0.25, 0.3) is 0 Å². The van der Waals surface area contributed by atoms with Gasteiger partial charge in [-0.15, -0.1) is 5.10 Å². The molecule has 9 heteroatoms. The van der Waals surface area contributed by atoms with Crippen molar-refractivity contribution >= 4 is 5.97 Å². The second-order valence-electron chi connectivity index (χ2n) is 13.7. The topological polar surface area (TPSA) is 99.8 Å². The molecule has 1 unspecified atom stereocenters. The Morgan fingerprint density at radius 1 is 0.778 bits per heavy atom. The van der Waals surface area contributed by atoms with E-state index in [1.807, 2.05) is 48.9 Å². The number of nitrogens with one attached hydrogen (secondary N) is 1. The van der Waals surface area contributed by atoms with Crippen LogP contribution in [0.3, 0.4) is 0 Å². The molecule has 9 nitrogen and oxygen atoms in total. The predicted molar refractivity (Wildman–Crippen MR) is 210 cm³/mol. The second kappa shape index (κ2) is 14.7. The van der Waals surface area contributed by atoms with Crippen LogP contribution in [0.1, 0.15) is 61.1 Å². The average molecular weight is 714 g/mol. The van der Waals surface area contributed by atoms with Crippen molar-refractivity contribution in [3.8, 4) is 28.2 Å². The van der Waals surface area contributed by atoms with Crippen LogP contribution >= 0.6 is 0 Å². The number of carbonyl (C=O) groups is 1. The number of ether oxygens (including phenoxy) is 1. The number of esters is 1. The monoisotopic (exact) mass is 713 g/mol. The zero-order chi connectivity index (χ0) is 37.1. The number of aryl methyl sites for hydroxylation is 1. The van der Waals surface area contributed by atoms with Gasteiger partial charge in [0.15, 0.2) is 11.4 Å². The number of fused-ring (bicyclic) bond motifs is 1. The summed E-state index contributed by atoms with van der Waals surface area (Å²) in [5.74, 6) is 1.28. The summed E-state index contributed by atoms with van der Waals surface area (Å²) in [6.45, 7) is 6.86. The minimum Gasteiger partial charge on any atom is -0.464 e. The lowest BCUT2D eigenvalue weighted by molar-refractivity contribution is -0.151. The van der Waals surface area contributed by atoms with Crippen molar-refractivity contribution in [2.45, 2.75) is 51.1 Å². The van der Waals surface area contributed by atoms with Crippen molar-refractivity contribution in [1.29, 1.82) is 0 Å². The van der Waals surface area contributed by atoms with E-state index in [1.165, 1.54) is 0 Å². The molecule has 0 saturated carbocycles. The summed E-state index contributed by atoms with van der Waals surface area (Å²) in [6.07, 6.45) is 2.45. The molecule has 0 saturated heterocycles. The first-order chi connectivity index (χ1) is 26.5. The van der Waals surface area contributed by atoms with E-state index in [0.717, 1.165) is 75.5 Å². The third-order valence-corrected chi connectivity index (χ3v) is 10.5. The van der Waals surface area contributed by atoms with E-state index < -0.39 is 11.1 Å². The van der Waals surface area contributed by atoms with Crippen molar-refractivity contribution < 1.29 is 9.53 Å². The minimum absolute atomic E-state index is 0.295. The molecular weight excluding hydrogens is 671 g/mol. The number of hydrogen-bond donors (Lipinski definition) is 1. The Bertz CT molecular complexity index is 2270. The van der Waals surface area contributed by atoms with Crippen LogP contribution in [-0.4, -0.2) is 48.9 Å². The van der Waals surface area contributed by atoms with E-state index in [2.05, 4.69) is 131 Å². The minimum atomic E-state index is -1.02. The number of hydrogen-bond acceptors (Lipinski definition) is 7. The van der Waals surface area contributed by atoms with E-state index in [4.69, 9.17) is 20.0 Å². The normalized spacial score (nSPS) is 15.5. The first-order valence-corrected chi connectivity index (χ1v) is 18.7. The highest BCUT2D eigenvalue weighted by Crippen LogP contribution is 2.43. The smallest absolute Gasteiger partial charge is 0.332 e. The summed E-state index contributed by atoms with van der Waals surface area (Å²) in [7, 11) is 0. The van der Waals surface area contributed by atoms with E-state index >= 15 is 0 Å². The van der Waals surface area contributed by atoms with Gasteiger partial charge in [0.1, 0.15) is 11.4 Å². The van der Waals surface area contributed by atoms with E-state index in [1.54, 1.807) is 0 Å². The van der Waals surface area contributed by atoms with Gasteiger partial charge in [-0.3, -0.25) is 9.88 Å². The van der Waals surface area contributed by atoms with Crippen LogP contribution in [0, 0.1) is 0 Å². The van der Waals surface area contributed by atoms with E-state index in [9.17, 15) is 4.79 Å². The zero-order valence-electron chi connectivity index (χ0n) is 30.8. The van der Waals surface area contributed by atoms with Gasteiger partial charge in [-0.1, -0.05) is 134 Å². The lowest BCUT2D eigenvalue weighted by atomic mass is 9.77. The molecule has 0 fully saturated rings. The van der Waals surface area contributed by atoms with Crippen LogP contribution < -0.4 is 5.32 Å². The largest absolute Gasteiger partial charge is 0.464 e. The first-order valence-electron chi connectivity index (χ1n) is 18.7. The number of nitrogens with zero attached hydrogens (tertiary/aromatic N) is 6. The van der Waals surface area contributed by atoms with Gasteiger partial charge in [0.2, 0.25) is 0 Å². The summed E-state index contributed by atoms with van der Waals surface area (Å²) >= 11 is 0. The molecule has 5 aromatic carbocycles. The second-order valence-corrected chi connectivity index (χ2v) is 13.7. The number of aromatic nitrogens is 6. The van der Waals surface area contributed by atoms with Gasteiger partial charge in [-0.25, -0.2) is 14.5 Å². The highest BCUT2D eigenvalue weighted by atomic mass is 16.5. The van der Waals surface area contributed by atoms with Crippen molar-refractivity contribution in [2.75, 3.05) is 13.2 Å². The first kappa shape index (κ1) is 34.9. The fourth-order valence-corrected chi connectivity index (χ4v) is 8.04. The highest BCUT2D eigenvalue weighted by Gasteiger charge is 2.45. The zero-order valence-corrected chi connectivity index (χ0v) is 30.8. The molecule has 1 atom stereocenters. The van der Waals surface area contributed by atoms with Crippen LogP contribution in [0.4, 0.5) is 0 Å². The van der Waals surface area contributed by atoms with Gasteiger partial charge in [-0.2, -0.15) is 0 Å². The van der Waals surface area contributed by atoms with Gasteiger partial charge in [-0.05, 0) is 70.6 Å². The quantitative estimate of drug-likeness (QED) is 0.107. The SMILES string of the molecule is CCCc1nc2c(n1-c1ccc(-c3ccccc3-c3nnnn3C(c3ccccc3)(c3ccccc3)c3ccccc3)cc1)C(C)(C(=O)OCC)NCC2. The Morgan fingerprint density at radius 3 is 1.93 bits per heavy atom. The molecule has 0 amide bonds. The van der Waals surface area contributed by atoms with Crippen LogP contribution in [0.25, 0.3) is 28.2 Å². The molecule has 1 aliphatic heterocycles. The third kappa shape index (κ3) is 5.81. The van der Waals surface area contributed by atoms with E-state index in [0.29, 0.717) is 19.0 Å². The molecule has 0 spiro atoms. The molecule has 0 bridgehead atoms. The van der Waals surface area contributed by atoms with Crippen molar-refractivity contribution in [1.82, 2.24) is 35.1 Å². The van der Waals surface area contributed by atoms with Gasteiger partial charge in [0, 0.05) is 30.6 Å². The molecule has 1 aliphatic rings. The van der Waals surface area contributed by atoms with Gasteiger partial charge < -0.3 is 4.74 Å². The highest BCUT2D eigenvalue weighted by molar-refractivity contribution is 5.83. The van der Waals surface area contributed by atoms with Crippen LogP contribution in [0.15, 0.2) is 140 Å². The molecule has 54 heavy (non-hydrogen) atoms. The Labute approximate surface area is 315 Å². The standard InChI is InChI=1S/C45H43N7O2/c1-4-17-40-47-39-30-31-46-44(3,43(53)54-5-2)41(39)51(40)36-28-26-32(27-29-36)37-24-15-16-25-38(37)42-48-49-50-52(42)45(33-18-9-6-10-19-33,34-20-11-7-12-21-34)35-22-13-8-14-23-35/h6-16,18-29,46H,4-5,17,30-31H2,1-3H3. The lowest BCUT2D eigenvalue weighted by Gasteiger charge is -2.36. The van der Waals surface area contributed by atoms with Crippen molar-refractivity contribution in [2.24, 2.45) is 0 Å². The Balaban J connectivity index is 1.28. The number of carbonyl (C=O) groups excluding carboxylic acids is 1. The number of imidazole rings is 1. The molecule has 0 radical (unpaired) electrons. The fraction of sp³-hybridized carbons (Fsp3) is 0.222. The maximum absolute atomic E-state index is 13.4. The summed E-state index contributed by atoms with van der Waals surface area (Å²) in [5.41, 5.74) is 6.82. The molecule has 7 aromatic rings. The summed E-state index contributed by atoms with van der Waals surface area (Å²) in [4.78, 5) is 18.5. The summed E-state index contributed by atoms with van der Waals surface area (Å²) < 4.78 is 9.71. The average Bonchev–Trinajstić information content (AvgIpc) is 3.86. The number of tetrazole rings is 1. The van der Waals surface area contributed by atoms with Crippen LogP contribution in [0.5, 0.6) is 0 Å². The Morgan fingerprint density at radius 2 is 1.35 bits per heavy atom. The summed E-state index contributed by atoms with van der Waals surface area (Å²) in [5, 5.41) is 17.3. The molecule has 0 aliphatic carbocycles. The lowest BCUT2D eigenvalue weighted by Crippen LogP contribution is -2.52. The molecule has 1 N–H and O–H groups in total. The molecule has 8 rings (SSSR count). The predicted octanol–water partition coefficient (Wildman–Crippen LogP) is 7.91. The Kier molecular flexibility index (Phi) is 9.48. The molecule has 270 valence electrons. The maximum Gasteiger partial charge on any atom is 0.332 e. The van der Waals surface area contributed by atoms with Crippen LogP contribution in [-0.2, 0) is 33.5 Å². The Hall–Kier alpha value is -6.19. The third-order valence-electron chi connectivity index (χ3n) is 10.5. The van der Waals surface area contributed by atoms with E-state index in [-0.39, 0.29) is 5.97 Å². The van der Waals surface area contributed by atoms with Gasteiger partial charge >= 0.3 is 5.97 Å². The summed E-state index contributed by atoms with van der Waals surface area (Å²) in [6, 6.07) is 48.0. The number of benzene rings is 5. The molecular formula is C45H43N7O2. The van der Waals surface area contributed by atoms with Crippen molar-refractivity contribution in [3.05, 3.63) is 173 Å².